The van der Waals surface area contributed by atoms with Gasteiger partial charge < -0.3 is 10.6 Å². The van der Waals surface area contributed by atoms with E-state index in [1.54, 1.807) is 11.3 Å². The van der Waals surface area contributed by atoms with E-state index in [2.05, 4.69) is 25.8 Å². The Kier molecular flexibility index (Phi) is 6.90. The molecule has 0 fully saturated rings. The molecular formula is C11H20Cl2N2S. The standard InChI is InChI=1S/C11H19ClN2S.ClH/c1-11(2,7-13)8-14(3)5-10-4-9(12)6-15-10;/h4,6H,5,7-8,13H2,1-3H3;1H. The molecule has 0 bridgehead atoms. The van der Waals surface area contributed by atoms with Crippen LogP contribution in [0.25, 0.3) is 0 Å². The van der Waals surface area contributed by atoms with Crippen LogP contribution in [0, 0.1) is 5.41 Å². The molecule has 0 saturated heterocycles. The van der Waals surface area contributed by atoms with Crippen molar-refractivity contribution in [3.05, 3.63) is 21.3 Å². The first-order chi connectivity index (χ1) is 6.93. The Morgan fingerprint density at radius 2 is 2.12 bits per heavy atom. The Bertz CT molecular complexity index is 313. The van der Waals surface area contributed by atoms with Gasteiger partial charge >= 0.3 is 0 Å². The summed E-state index contributed by atoms with van der Waals surface area (Å²) < 4.78 is 0. The highest BCUT2D eigenvalue weighted by Gasteiger charge is 2.18. The maximum atomic E-state index is 5.88. The van der Waals surface area contributed by atoms with Gasteiger partial charge in [-0.3, -0.25) is 0 Å². The van der Waals surface area contributed by atoms with E-state index in [1.165, 1.54) is 4.88 Å². The summed E-state index contributed by atoms with van der Waals surface area (Å²) >= 11 is 7.58. The summed E-state index contributed by atoms with van der Waals surface area (Å²) in [4.78, 5) is 3.59. The number of thiophene rings is 1. The summed E-state index contributed by atoms with van der Waals surface area (Å²) in [5.74, 6) is 0. The third kappa shape index (κ3) is 5.51. The van der Waals surface area contributed by atoms with Crippen LogP contribution >= 0.6 is 35.3 Å². The minimum Gasteiger partial charge on any atom is -0.330 e. The number of hydrogen-bond donors (Lipinski definition) is 1. The molecule has 1 aromatic heterocycles. The lowest BCUT2D eigenvalue weighted by Crippen LogP contribution is -2.36. The molecule has 5 heteroatoms. The minimum absolute atomic E-state index is 0. The predicted octanol–water partition coefficient (Wildman–Crippen LogP) is 3.24. The topological polar surface area (TPSA) is 29.3 Å². The van der Waals surface area contributed by atoms with Gasteiger partial charge in [0.1, 0.15) is 0 Å². The van der Waals surface area contributed by atoms with Crippen molar-refractivity contribution in [1.29, 1.82) is 0 Å². The monoisotopic (exact) mass is 282 g/mol. The molecule has 1 aromatic rings. The van der Waals surface area contributed by atoms with Gasteiger partial charge in [0.15, 0.2) is 0 Å². The van der Waals surface area contributed by atoms with Gasteiger partial charge in [0.25, 0.3) is 0 Å². The average Bonchev–Trinajstić information content (AvgIpc) is 2.50. The number of hydrogen-bond acceptors (Lipinski definition) is 3. The zero-order valence-corrected chi connectivity index (χ0v) is 12.4. The number of halogens is 2. The second kappa shape index (κ2) is 6.82. The van der Waals surface area contributed by atoms with Crippen LogP contribution in [-0.4, -0.2) is 25.0 Å². The Morgan fingerprint density at radius 1 is 1.50 bits per heavy atom. The second-order valence-corrected chi connectivity index (χ2v) is 6.20. The molecule has 0 aliphatic rings. The molecule has 0 saturated carbocycles. The maximum absolute atomic E-state index is 5.88. The normalized spacial score (nSPS) is 11.6. The molecule has 0 amide bonds. The van der Waals surface area contributed by atoms with Crippen LogP contribution in [0.5, 0.6) is 0 Å². The fourth-order valence-corrected chi connectivity index (χ4v) is 2.71. The largest absolute Gasteiger partial charge is 0.330 e. The van der Waals surface area contributed by atoms with Gasteiger partial charge in [-0.2, -0.15) is 0 Å². The van der Waals surface area contributed by atoms with E-state index in [-0.39, 0.29) is 17.8 Å². The Hall–Kier alpha value is 0.200. The van der Waals surface area contributed by atoms with E-state index in [9.17, 15) is 0 Å². The van der Waals surface area contributed by atoms with Crippen molar-refractivity contribution in [3.8, 4) is 0 Å². The van der Waals surface area contributed by atoms with Crippen molar-refractivity contribution in [2.45, 2.75) is 20.4 Å². The third-order valence-corrected chi connectivity index (χ3v) is 3.57. The van der Waals surface area contributed by atoms with Crippen LogP contribution in [0.15, 0.2) is 11.4 Å². The zero-order chi connectivity index (χ0) is 11.5. The lowest BCUT2D eigenvalue weighted by molar-refractivity contribution is 0.211. The lowest BCUT2D eigenvalue weighted by Gasteiger charge is -2.28. The van der Waals surface area contributed by atoms with Crippen LogP contribution in [0.3, 0.4) is 0 Å². The summed E-state index contributed by atoms with van der Waals surface area (Å²) in [6, 6.07) is 2.03. The molecule has 94 valence electrons. The molecule has 2 N–H and O–H groups in total. The number of rotatable bonds is 5. The summed E-state index contributed by atoms with van der Waals surface area (Å²) in [6.07, 6.45) is 0. The van der Waals surface area contributed by atoms with Crippen molar-refractivity contribution in [3.63, 3.8) is 0 Å². The smallest absolute Gasteiger partial charge is 0.0516 e. The zero-order valence-electron chi connectivity index (χ0n) is 10.00. The fraction of sp³-hybridized carbons (Fsp3) is 0.636. The summed E-state index contributed by atoms with van der Waals surface area (Å²) in [5.41, 5.74) is 5.88. The van der Waals surface area contributed by atoms with Gasteiger partial charge in [0, 0.05) is 23.3 Å². The van der Waals surface area contributed by atoms with E-state index in [4.69, 9.17) is 17.3 Å². The van der Waals surface area contributed by atoms with Crippen molar-refractivity contribution >= 4 is 35.3 Å². The second-order valence-electron chi connectivity index (χ2n) is 4.77. The SMILES string of the molecule is CN(Cc1cc(Cl)cs1)CC(C)(C)CN.Cl. The van der Waals surface area contributed by atoms with Gasteiger partial charge in [-0.1, -0.05) is 25.4 Å². The molecular weight excluding hydrogens is 263 g/mol. The first-order valence-electron chi connectivity index (χ1n) is 5.04. The molecule has 0 aromatic carbocycles. The van der Waals surface area contributed by atoms with E-state index in [0.29, 0.717) is 6.54 Å². The maximum Gasteiger partial charge on any atom is 0.0516 e. The molecule has 2 nitrogen and oxygen atoms in total. The molecule has 0 spiro atoms. The Balaban J connectivity index is 0.00000225. The van der Waals surface area contributed by atoms with E-state index < -0.39 is 0 Å². The third-order valence-electron chi connectivity index (χ3n) is 2.30. The van der Waals surface area contributed by atoms with E-state index >= 15 is 0 Å². The van der Waals surface area contributed by atoms with Gasteiger partial charge in [0.2, 0.25) is 0 Å². The molecule has 0 aliphatic heterocycles. The predicted molar refractivity (Wildman–Crippen MR) is 75.7 cm³/mol. The molecule has 0 atom stereocenters. The Morgan fingerprint density at radius 3 is 2.56 bits per heavy atom. The quantitative estimate of drug-likeness (QED) is 0.899. The van der Waals surface area contributed by atoms with Gasteiger partial charge in [0.05, 0.1) is 5.02 Å². The van der Waals surface area contributed by atoms with Gasteiger partial charge in [-0.05, 0) is 25.1 Å². The molecule has 1 heterocycles. The van der Waals surface area contributed by atoms with Crippen molar-refractivity contribution < 1.29 is 0 Å². The van der Waals surface area contributed by atoms with E-state index in [1.807, 2.05) is 11.4 Å². The first kappa shape index (κ1) is 16.2. The first-order valence-corrected chi connectivity index (χ1v) is 6.30. The molecule has 1 rings (SSSR count). The van der Waals surface area contributed by atoms with Crippen molar-refractivity contribution in [2.75, 3.05) is 20.1 Å². The molecule has 0 radical (unpaired) electrons. The summed E-state index contributed by atoms with van der Waals surface area (Å²) in [7, 11) is 2.12. The fourth-order valence-electron chi connectivity index (χ4n) is 1.55. The van der Waals surface area contributed by atoms with Crippen LogP contribution in [0.1, 0.15) is 18.7 Å². The number of nitrogens with two attached hydrogens (primary N) is 1. The van der Waals surface area contributed by atoms with Crippen LogP contribution in [-0.2, 0) is 6.54 Å². The Labute approximate surface area is 113 Å². The highest BCUT2D eigenvalue weighted by molar-refractivity contribution is 7.10. The molecule has 16 heavy (non-hydrogen) atoms. The van der Waals surface area contributed by atoms with Crippen molar-refractivity contribution in [2.24, 2.45) is 11.1 Å². The summed E-state index contributed by atoms with van der Waals surface area (Å²) in [6.45, 7) is 7.03. The van der Waals surface area contributed by atoms with Crippen LogP contribution in [0.2, 0.25) is 5.02 Å². The van der Waals surface area contributed by atoms with Crippen LogP contribution in [0.4, 0.5) is 0 Å². The summed E-state index contributed by atoms with van der Waals surface area (Å²) in [5, 5.41) is 2.81. The van der Waals surface area contributed by atoms with E-state index in [0.717, 1.165) is 18.1 Å². The lowest BCUT2D eigenvalue weighted by atomic mass is 9.93. The average molecular weight is 283 g/mol. The number of nitrogens with zero attached hydrogens (tertiary/aromatic N) is 1. The highest BCUT2D eigenvalue weighted by atomic mass is 35.5. The van der Waals surface area contributed by atoms with Crippen molar-refractivity contribution in [1.82, 2.24) is 4.90 Å². The molecule has 0 unspecified atom stereocenters. The minimum atomic E-state index is 0. The van der Waals surface area contributed by atoms with Crippen LogP contribution < -0.4 is 5.73 Å². The van der Waals surface area contributed by atoms with Gasteiger partial charge in [-0.25, -0.2) is 0 Å². The highest BCUT2D eigenvalue weighted by Crippen LogP contribution is 2.22. The molecule has 0 aliphatic carbocycles. The van der Waals surface area contributed by atoms with Gasteiger partial charge in [-0.15, -0.1) is 23.7 Å².